The van der Waals surface area contributed by atoms with Crippen LogP contribution in [0.25, 0.3) is 0 Å². The van der Waals surface area contributed by atoms with Crippen molar-refractivity contribution < 1.29 is 0 Å². The molecule has 19 heavy (non-hydrogen) atoms. The number of hydrogen-bond acceptors (Lipinski definition) is 3. The number of aromatic nitrogens is 2. The maximum atomic E-state index is 8.77. The van der Waals surface area contributed by atoms with Gasteiger partial charge >= 0.3 is 0 Å². The number of anilines is 1. The van der Waals surface area contributed by atoms with Crippen LogP contribution in [0.15, 0.2) is 30.5 Å². The Balaban J connectivity index is 2.04. The monoisotopic (exact) mass is 274 g/mol. The summed E-state index contributed by atoms with van der Waals surface area (Å²) in [6, 6.07) is 9.58. The molecule has 4 nitrogen and oxygen atoms in total. The SMILES string of the molecule is CC(C)n1ccc(CNc2ccc(C#N)cc2Cl)n1. The average molecular weight is 275 g/mol. The quantitative estimate of drug-likeness (QED) is 0.927. The van der Waals surface area contributed by atoms with Gasteiger partial charge in [-0.2, -0.15) is 10.4 Å². The molecule has 0 atom stereocenters. The van der Waals surface area contributed by atoms with E-state index < -0.39 is 0 Å². The Morgan fingerprint density at radius 1 is 1.42 bits per heavy atom. The number of hydrogen-bond donors (Lipinski definition) is 1. The number of benzene rings is 1. The van der Waals surface area contributed by atoms with Gasteiger partial charge in [-0.1, -0.05) is 11.6 Å². The Kier molecular flexibility index (Phi) is 4.08. The van der Waals surface area contributed by atoms with E-state index in [0.29, 0.717) is 23.2 Å². The number of halogens is 1. The lowest BCUT2D eigenvalue weighted by Gasteiger charge is -2.07. The molecule has 1 aromatic carbocycles. The van der Waals surface area contributed by atoms with E-state index in [2.05, 4.69) is 30.3 Å². The Hall–Kier alpha value is -1.99. The third kappa shape index (κ3) is 3.27. The van der Waals surface area contributed by atoms with E-state index in [-0.39, 0.29) is 0 Å². The van der Waals surface area contributed by atoms with E-state index in [9.17, 15) is 0 Å². The van der Waals surface area contributed by atoms with Crippen LogP contribution in [-0.2, 0) is 6.54 Å². The van der Waals surface area contributed by atoms with Crippen LogP contribution in [0.1, 0.15) is 31.1 Å². The van der Waals surface area contributed by atoms with Crippen LogP contribution in [0.5, 0.6) is 0 Å². The van der Waals surface area contributed by atoms with Gasteiger partial charge in [0.2, 0.25) is 0 Å². The van der Waals surface area contributed by atoms with E-state index >= 15 is 0 Å². The second kappa shape index (κ2) is 5.77. The summed E-state index contributed by atoms with van der Waals surface area (Å²) in [4.78, 5) is 0. The summed E-state index contributed by atoms with van der Waals surface area (Å²) < 4.78 is 1.91. The normalized spacial score (nSPS) is 10.5. The van der Waals surface area contributed by atoms with Crippen LogP contribution in [-0.4, -0.2) is 9.78 Å². The molecule has 1 aromatic heterocycles. The van der Waals surface area contributed by atoms with Crippen molar-refractivity contribution in [1.29, 1.82) is 5.26 Å². The van der Waals surface area contributed by atoms with Crippen molar-refractivity contribution in [1.82, 2.24) is 9.78 Å². The van der Waals surface area contributed by atoms with Gasteiger partial charge in [-0.05, 0) is 38.1 Å². The minimum atomic E-state index is 0.354. The number of nitriles is 1. The predicted molar refractivity (Wildman–Crippen MR) is 76.1 cm³/mol. The fourth-order valence-corrected chi connectivity index (χ4v) is 1.92. The molecule has 2 rings (SSSR count). The van der Waals surface area contributed by atoms with Crippen LogP contribution < -0.4 is 5.32 Å². The molecule has 0 aliphatic carbocycles. The first-order chi connectivity index (χ1) is 9.10. The summed E-state index contributed by atoms with van der Waals surface area (Å²) in [6.45, 7) is 4.77. The zero-order valence-electron chi connectivity index (χ0n) is 10.9. The fourth-order valence-electron chi connectivity index (χ4n) is 1.67. The molecule has 1 heterocycles. The standard InChI is InChI=1S/C14H15ClN4/c1-10(2)19-6-5-12(18-19)9-17-14-4-3-11(8-16)7-13(14)15/h3-7,10,17H,9H2,1-2H3. The summed E-state index contributed by atoms with van der Waals surface area (Å²) in [5.41, 5.74) is 2.31. The van der Waals surface area contributed by atoms with E-state index in [1.165, 1.54) is 0 Å². The Morgan fingerprint density at radius 2 is 2.21 bits per heavy atom. The molecule has 0 unspecified atom stereocenters. The van der Waals surface area contributed by atoms with Gasteiger partial charge in [0.25, 0.3) is 0 Å². The van der Waals surface area contributed by atoms with E-state index in [0.717, 1.165) is 11.4 Å². The van der Waals surface area contributed by atoms with Crippen molar-refractivity contribution in [2.24, 2.45) is 0 Å². The molecule has 98 valence electrons. The molecule has 5 heteroatoms. The third-order valence-corrected chi connectivity index (χ3v) is 3.06. The summed E-state index contributed by atoms with van der Waals surface area (Å²) >= 11 is 6.09. The zero-order chi connectivity index (χ0) is 13.8. The molecule has 0 saturated carbocycles. The van der Waals surface area contributed by atoms with Gasteiger partial charge < -0.3 is 5.32 Å². The van der Waals surface area contributed by atoms with Crippen molar-refractivity contribution in [2.75, 3.05) is 5.32 Å². The molecule has 0 saturated heterocycles. The van der Waals surface area contributed by atoms with Crippen LogP contribution in [0.2, 0.25) is 5.02 Å². The van der Waals surface area contributed by atoms with Gasteiger partial charge in [-0.25, -0.2) is 0 Å². The Bertz CT molecular complexity index is 610. The summed E-state index contributed by atoms with van der Waals surface area (Å²) in [5, 5.41) is 17.0. The fraction of sp³-hybridized carbons (Fsp3) is 0.286. The summed E-state index contributed by atoms with van der Waals surface area (Å²) in [5.74, 6) is 0. The second-order valence-corrected chi connectivity index (χ2v) is 4.95. The zero-order valence-corrected chi connectivity index (χ0v) is 11.6. The van der Waals surface area contributed by atoms with Crippen molar-refractivity contribution in [3.05, 3.63) is 46.7 Å². The van der Waals surface area contributed by atoms with Gasteiger partial charge in [0.1, 0.15) is 0 Å². The van der Waals surface area contributed by atoms with Crippen molar-refractivity contribution in [3.63, 3.8) is 0 Å². The van der Waals surface area contributed by atoms with E-state index in [1.807, 2.05) is 16.9 Å². The third-order valence-electron chi connectivity index (χ3n) is 2.75. The van der Waals surface area contributed by atoms with Crippen LogP contribution in [0.4, 0.5) is 5.69 Å². The molecule has 0 aliphatic heterocycles. The van der Waals surface area contributed by atoms with Crippen molar-refractivity contribution in [2.45, 2.75) is 26.4 Å². The lowest BCUT2D eigenvalue weighted by molar-refractivity contribution is 0.527. The first kappa shape index (κ1) is 13.4. The lowest BCUT2D eigenvalue weighted by atomic mass is 10.2. The molecule has 0 spiro atoms. The molecular weight excluding hydrogens is 260 g/mol. The first-order valence-corrected chi connectivity index (χ1v) is 6.45. The van der Waals surface area contributed by atoms with Gasteiger partial charge in [0.15, 0.2) is 0 Å². The highest BCUT2D eigenvalue weighted by Crippen LogP contribution is 2.23. The highest BCUT2D eigenvalue weighted by molar-refractivity contribution is 6.33. The highest BCUT2D eigenvalue weighted by Gasteiger charge is 2.04. The second-order valence-electron chi connectivity index (χ2n) is 4.54. The van der Waals surface area contributed by atoms with Crippen molar-refractivity contribution >= 4 is 17.3 Å². The summed E-state index contributed by atoms with van der Waals surface area (Å²) in [7, 11) is 0. The Labute approximate surface area is 117 Å². The van der Waals surface area contributed by atoms with Crippen LogP contribution in [0, 0.1) is 11.3 Å². The summed E-state index contributed by atoms with van der Waals surface area (Å²) in [6.07, 6.45) is 1.96. The molecule has 0 radical (unpaired) electrons. The molecule has 0 aliphatic rings. The van der Waals surface area contributed by atoms with Crippen LogP contribution in [0.3, 0.4) is 0 Å². The molecule has 0 bridgehead atoms. The minimum Gasteiger partial charge on any atom is -0.378 e. The first-order valence-electron chi connectivity index (χ1n) is 6.07. The van der Waals surface area contributed by atoms with E-state index in [4.69, 9.17) is 16.9 Å². The number of nitrogens with zero attached hydrogens (tertiary/aromatic N) is 3. The average Bonchev–Trinajstić information content (AvgIpc) is 2.86. The van der Waals surface area contributed by atoms with Gasteiger partial charge in [-0.3, -0.25) is 4.68 Å². The highest BCUT2D eigenvalue weighted by atomic mass is 35.5. The lowest BCUT2D eigenvalue weighted by Crippen LogP contribution is -2.05. The Morgan fingerprint density at radius 3 is 2.79 bits per heavy atom. The minimum absolute atomic E-state index is 0.354. The predicted octanol–water partition coefficient (Wildman–Crippen LogP) is 3.60. The number of rotatable bonds is 4. The van der Waals surface area contributed by atoms with Gasteiger partial charge in [0, 0.05) is 12.2 Å². The molecule has 0 amide bonds. The molecule has 2 aromatic rings. The van der Waals surface area contributed by atoms with Crippen molar-refractivity contribution in [3.8, 4) is 6.07 Å². The largest absolute Gasteiger partial charge is 0.378 e. The van der Waals surface area contributed by atoms with Gasteiger partial charge in [-0.15, -0.1) is 0 Å². The smallest absolute Gasteiger partial charge is 0.0992 e. The van der Waals surface area contributed by atoms with Crippen LogP contribution >= 0.6 is 11.6 Å². The maximum Gasteiger partial charge on any atom is 0.0992 e. The topological polar surface area (TPSA) is 53.6 Å². The molecular formula is C14H15ClN4. The van der Waals surface area contributed by atoms with Gasteiger partial charge in [0.05, 0.1) is 34.6 Å². The van der Waals surface area contributed by atoms with E-state index in [1.54, 1.807) is 18.2 Å². The maximum absolute atomic E-state index is 8.77. The number of nitrogens with one attached hydrogen (secondary N) is 1. The molecule has 0 fully saturated rings. The molecule has 1 N–H and O–H groups in total.